The monoisotopic (exact) mass is 402 g/mol. The zero-order valence-corrected chi connectivity index (χ0v) is 15.6. The molecule has 0 bridgehead atoms. The number of barbiturate groups is 1. The number of aromatic hydroxyl groups is 1. The van der Waals surface area contributed by atoms with Gasteiger partial charge in [-0.2, -0.15) is 0 Å². The Labute approximate surface area is 164 Å². The lowest BCUT2D eigenvalue weighted by atomic mass is 10.1. The standard InChI is InChI=1S/C19H15ClN2O6/c1-27-13-5-3-12(4-6-13)22-18(25)14(17(24)21-19(22)26)8-10-7-11(20)9-15(28-2)16(10)23/h3-9,23H,1-2H3,(H,21,24,26)/b14-8-. The van der Waals surface area contributed by atoms with Crippen LogP contribution in [0.25, 0.3) is 6.08 Å². The van der Waals surface area contributed by atoms with Gasteiger partial charge in [-0.25, -0.2) is 9.69 Å². The fraction of sp³-hybridized carbons (Fsp3) is 0.105. The van der Waals surface area contributed by atoms with Gasteiger partial charge in [-0.3, -0.25) is 14.9 Å². The second-order valence-corrected chi connectivity index (χ2v) is 6.14. The van der Waals surface area contributed by atoms with Gasteiger partial charge in [0.15, 0.2) is 11.5 Å². The number of hydrogen-bond acceptors (Lipinski definition) is 6. The quantitative estimate of drug-likeness (QED) is 0.601. The topological polar surface area (TPSA) is 105 Å². The summed E-state index contributed by atoms with van der Waals surface area (Å²) >= 11 is 5.99. The average Bonchev–Trinajstić information content (AvgIpc) is 2.67. The third-order valence-electron chi connectivity index (χ3n) is 4.02. The molecule has 0 radical (unpaired) electrons. The summed E-state index contributed by atoms with van der Waals surface area (Å²) in [6.07, 6.45) is 1.14. The Bertz CT molecular complexity index is 1000. The van der Waals surface area contributed by atoms with Crippen molar-refractivity contribution in [2.75, 3.05) is 19.1 Å². The molecule has 0 aromatic heterocycles. The van der Waals surface area contributed by atoms with Crippen LogP contribution in [0.4, 0.5) is 10.5 Å². The Morgan fingerprint density at radius 1 is 1.07 bits per heavy atom. The number of hydrogen-bond donors (Lipinski definition) is 2. The van der Waals surface area contributed by atoms with E-state index in [1.807, 2.05) is 0 Å². The minimum atomic E-state index is -0.891. The first-order valence-electron chi connectivity index (χ1n) is 7.97. The van der Waals surface area contributed by atoms with E-state index in [1.54, 1.807) is 12.1 Å². The molecule has 3 rings (SSSR count). The van der Waals surface area contributed by atoms with Gasteiger partial charge in [-0.05, 0) is 36.4 Å². The van der Waals surface area contributed by atoms with E-state index in [0.717, 1.165) is 11.0 Å². The molecule has 28 heavy (non-hydrogen) atoms. The fourth-order valence-corrected chi connectivity index (χ4v) is 2.86. The summed E-state index contributed by atoms with van der Waals surface area (Å²) in [5, 5.41) is 12.6. The zero-order chi connectivity index (χ0) is 20.4. The van der Waals surface area contributed by atoms with Crippen LogP contribution in [-0.4, -0.2) is 37.2 Å². The summed E-state index contributed by atoms with van der Waals surface area (Å²) in [5.41, 5.74) is -0.0171. The highest BCUT2D eigenvalue weighted by Gasteiger charge is 2.37. The van der Waals surface area contributed by atoms with Gasteiger partial charge in [-0.15, -0.1) is 0 Å². The van der Waals surface area contributed by atoms with Gasteiger partial charge in [0.1, 0.15) is 11.3 Å². The zero-order valence-electron chi connectivity index (χ0n) is 14.9. The fourth-order valence-electron chi connectivity index (χ4n) is 2.64. The van der Waals surface area contributed by atoms with Crippen molar-refractivity contribution in [3.05, 3.63) is 52.6 Å². The number of rotatable bonds is 4. The number of anilines is 1. The van der Waals surface area contributed by atoms with Crippen LogP contribution in [0.1, 0.15) is 5.56 Å². The smallest absolute Gasteiger partial charge is 0.335 e. The SMILES string of the molecule is COc1ccc(N2C(=O)NC(=O)/C(=C/c3cc(Cl)cc(OC)c3O)C2=O)cc1. The maximum absolute atomic E-state index is 12.9. The molecule has 2 aromatic carbocycles. The number of imide groups is 2. The molecule has 0 aliphatic carbocycles. The minimum absolute atomic E-state index is 0.0751. The molecule has 2 aromatic rings. The third-order valence-corrected chi connectivity index (χ3v) is 4.24. The summed E-state index contributed by atoms with van der Waals surface area (Å²) in [6, 6.07) is 8.01. The van der Waals surface area contributed by atoms with Gasteiger partial charge < -0.3 is 14.6 Å². The van der Waals surface area contributed by atoms with Crippen molar-refractivity contribution in [1.29, 1.82) is 0 Å². The van der Waals surface area contributed by atoms with E-state index in [-0.39, 0.29) is 33.3 Å². The van der Waals surface area contributed by atoms with Gasteiger partial charge in [-0.1, -0.05) is 11.6 Å². The van der Waals surface area contributed by atoms with E-state index < -0.39 is 17.8 Å². The van der Waals surface area contributed by atoms with E-state index in [4.69, 9.17) is 21.1 Å². The van der Waals surface area contributed by atoms with Crippen LogP contribution in [0, 0.1) is 0 Å². The Hall–Kier alpha value is -3.52. The van der Waals surface area contributed by atoms with Crippen molar-refractivity contribution >= 4 is 41.2 Å². The lowest BCUT2D eigenvalue weighted by Crippen LogP contribution is -2.54. The van der Waals surface area contributed by atoms with Crippen molar-refractivity contribution in [1.82, 2.24) is 5.32 Å². The molecule has 1 aliphatic rings. The van der Waals surface area contributed by atoms with Crippen molar-refractivity contribution in [2.45, 2.75) is 0 Å². The Balaban J connectivity index is 2.05. The van der Waals surface area contributed by atoms with Crippen LogP contribution in [-0.2, 0) is 9.59 Å². The number of amides is 4. The maximum Gasteiger partial charge on any atom is 0.335 e. The van der Waals surface area contributed by atoms with Crippen LogP contribution in [0.2, 0.25) is 5.02 Å². The van der Waals surface area contributed by atoms with Gasteiger partial charge >= 0.3 is 6.03 Å². The molecule has 1 saturated heterocycles. The second-order valence-electron chi connectivity index (χ2n) is 5.70. The minimum Gasteiger partial charge on any atom is -0.504 e. The lowest BCUT2D eigenvalue weighted by Gasteiger charge is -2.26. The number of ether oxygens (including phenoxy) is 2. The number of urea groups is 1. The highest BCUT2D eigenvalue weighted by atomic mass is 35.5. The van der Waals surface area contributed by atoms with Crippen LogP contribution in [0.5, 0.6) is 17.2 Å². The largest absolute Gasteiger partial charge is 0.504 e. The Kier molecular flexibility index (Phi) is 5.23. The van der Waals surface area contributed by atoms with Gasteiger partial charge in [0.25, 0.3) is 11.8 Å². The molecule has 144 valence electrons. The van der Waals surface area contributed by atoms with E-state index in [0.29, 0.717) is 5.75 Å². The van der Waals surface area contributed by atoms with Crippen molar-refractivity contribution < 1.29 is 29.0 Å². The lowest BCUT2D eigenvalue weighted by molar-refractivity contribution is -0.122. The number of carbonyl (C=O) groups excluding carboxylic acids is 3. The first-order valence-corrected chi connectivity index (χ1v) is 8.35. The predicted molar refractivity (Wildman–Crippen MR) is 102 cm³/mol. The van der Waals surface area contributed by atoms with Crippen molar-refractivity contribution in [2.24, 2.45) is 0 Å². The second kappa shape index (κ2) is 7.61. The summed E-state index contributed by atoms with van der Waals surface area (Å²) < 4.78 is 10.1. The number of phenols is 1. The molecule has 1 aliphatic heterocycles. The van der Waals surface area contributed by atoms with E-state index >= 15 is 0 Å². The molecule has 2 N–H and O–H groups in total. The van der Waals surface area contributed by atoms with Crippen molar-refractivity contribution in [3.63, 3.8) is 0 Å². The number of methoxy groups -OCH3 is 2. The van der Waals surface area contributed by atoms with E-state index in [1.165, 1.54) is 38.5 Å². The van der Waals surface area contributed by atoms with Crippen LogP contribution in [0.3, 0.4) is 0 Å². The van der Waals surface area contributed by atoms with Crippen molar-refractivity contribution in [3.8, 4) is 17.2 Å². The number of benzene rings is 2. The maximum atomic E-state index is 12.9. The number of nitrogens with zero attached hydrogens (tertiary/aromatic N) is 1. The first kappa shape index (κ1) is 19.2. The van der Waals surface area contributed by atoms with Gasteiger partial charge in [0, 0.05) is 16.7 Å². The molecule has 9 heteroatoms. The van der Waals surface area contributed by atoms with Gasteiger partial charge in [0.05, 0.1) is 19.9 Å². The summed E-state index contributed by atoms with van der Waals surface area (Å²) in [7, 11) is 2.82. The summed E-state index contributed by atoms with van der Waals surface area (Å²) in [6.45, 7) is 0. The van der Waals surface area contributed by atoms with E-state index in [9.17, 15) is 19.5 Å². The van der Waals surface area contributed by atoms with E-state index in [2.05, 4.69) is 5.32 Å². The van der Waals surface area contributed by atoms with Crippen LogP contribution >= 0.6 is 11.6 Å². The molecule has 1 heterocycles. The highest BCUT2D eigenvalue weighted by molar-refractivity contribution is 6.39. The molecular weight excluding hydrogens is 388 g/mol. The Morgan fingerprint density at radius 3 is 2.36 bits per heavy atom. The number of carbonyl (C=O) groups is 3. The average molecular weight is 403 g/mol. The molecule has 4 amide bonds. The number of halogens is 1. The molecule has 0 atom stereocenters. The molecule has 8 nitrogen and oxygen atoms in total. The molecule has 0 unspecified atom stereocenters. The molecule has 0 spiro atoms. The van der Waals surface area contributed by atoms with Gasteiger partial charge in [0.2, 0.25) is 0 Å². The molecule has 0 saturated carbocycles. The molecular formula is C19H15ClN2O6. The predicted octanol–water partition coefficient (Wildman–Crippen LogP) is 2.73. The summed E-state index contributed by atoms with van der Waals surface area (Å²) in [5.74, 6) is -1.43. The summed E-state index contributed by atoms with van der Waals surface area (Å²) in [4.78, 5) is 38.1. The first-order chi connectivity index (χ1) is 13.3. The molecule has 1 fully saturated rings. The van der Waals surface area contributed by atoms with Crippen LogP contribution < -0.4 is 19.7 Å². The Morgan fingerprint density at radius 2 is 1.75 bits per heavy atom. The van der Waals surface area contributed by atoms with Crippen LogP contribution in [0.15, 0.2) is 42.0 Å². The normalized spacial score (nSPS) is 15.6. The third kappa shape index (κ3) is 3.49. The number of phenolic OH excluding ortho intramolecular Hbond substituents is 1. The number of nitrogens with one attached hydrogen (secondary N) is 1. The highest BCUT2D eigenvalue weighted by Crippen LogP contribution is 2.35.